The zero-order valence-electron chi connectivity index (χ0n) is 9.76. The van der Waals surface area contributed by atoms with E-state index in [0.717, 1.165) is 12.3 Å². The second-order valence-corrected chi connectivity index (χ2v) is 5.94. The molecule has 2 unspecified atom stereocenters. The summed E-state index contributed by atoms with van der Waals surface area (Å²) in [6.45, 7) is 0.338. The van der Waals surface area contributed by atoms with Crippen molar-refractivity contribution in [3.05, 3.63) is 16.1 Å². The summed E-state index contributed by atoms with van der Waals surface area (Å²) in [5.74, 6) is 0.658. The van der Waals surface area contributed by atoms with E-state index in [0.29, 0.717) is 17.5 Å². The third-order valence-electron chi connectivity index (χ3n) is 3.59. The summed E-state index contributed by atoms with van der Waals surface area (Å²) in [5, 5.41) is 13.7. The van der Waals surface area contributed by atoms with E-state index in [-0.39, 0.29) is 17.5 Å². The van der Waals surface area contributed by atoms with Gasteiger partial charge in [-0.1, -0.05) is 0 Å². The van der Waals surface area contributed by atoms with E-state index in [9.17, 15) is 9.59 Å². The summed E-state index contributed by atoms with van der Waals surface area (Å²) in [4.78, 5) is 26.4. The average molecular weight is 266 g/mol. The van der Waals surface area contributed by atoms with Gasteiger partial charge in [-0.15, -0.1) is 11.3 Å². The van der Waals surface area contributed by atoms with Gasteiger partial charge >= 0.3 is 5.97 Å². The number of nitrogens with zero attached hydrogens (tertiary/aromatic N) is 1. The van der Waals surface area contributed by atoms with E-state index in [1.807, 2.05) is 0 Å². The van der Waals surface area contributed by atoms with Crippen molar-refractivity contribution in [2.75, 3.05) is 0 Å². The molecule has 2 aliphatic carbocycles. The molecular weight excluding hydrogens is 252 g/mol. The Bertz CT molecular complexity index is 495. The third-order valence-corrected chi connectivity index (χ3v) is 4.44. The van der Waals surface area contributed by atoms with Crippen LogP contribution in [0.1, 0.15) is 34.8 Å². The maximum Gasteiger partial charge on any atom is 0.355 e. The minimum Gasteiger partial charge on any atom is -0.476 e. The lowest BCUT2D eigenvalue weighted by Crippen LogP contribution is -2.25. The minimum atomic E-state index is -1.03. The Morgan fingerprint density at radius 3 is 2.89 bits per heavy atom. The predicted molar refractivity (Wildman–Crippen MR) is 65.2 cm³/mol. The SMILES string of the molecule is O=C(O)c1csc(CNC(=O)C2CC2C2CC2)n1. The Hall–Kier alpha value is -1.43. The van der Waals surface area contributed by atoms with Gasteiger partial charge in [-0.25, -0.2) is 9.78 Å². The van der Waals surface area contributed by atoms with E-state index in [4.69, 9.17) is 5.11 Å². The number of hydrogen-bond donors (Lipinski definition) is 2. The molecule has 0 radical (unpaired) electrons. The number of hydrogen-bond acceptors (Lipinski definition) is 4. The number of carbonyl (C=O) groups is 2. The number of amides is 1. The Labute approximate surface area is 108 Å². The molecule has 2 atom stereocenters. The minimum absolute atomic E-state index is 0.0477. The van der Waals surface area contributed by atoms with Crippen molar-refractivity contribution in [1.82, 2.24) is 10.3 Å². The van der Waals surface area contributed by atoms with Crippen LogP contribution in [0.15, 0.2) is 5.38 Å². The van der Waals surface area contributed by atoms with Crippen LogP contribution < -0.4 is 5.32 Å². The summed E-state index contributed by atoms with van der Waals surface area (Å²) in [7, 11) is 0. The monoisotopic (exact) mass is 266 g/mol. The normalized spacial score (nSPS) is 25.8. The molecule has 0 aromatic carbocycles. The second-order valence-electron chi connectivity index (χ2n) is 4.99. The first-order valence-electron chi connectivity index (χ1n) is 6.10. The highest BCUT2D eigenvalue weighted by atomic mass is 32.1. The zero-order valence-corrected chi connectivity index (χ0v) is 10.6. The Kier molecular flexibility index (Phi) is 2.81. The van der Waals surface area contributed by atoms with Gasteiger partial charge in [0.15, 0.2) is 5.69 Å². The summed E-state index contributed by atoms with van der Waals surface area (Å²) in [6, 6.07) is 0. The zero-order chi connectivity index (χ0) is 12.7. The van der Waals surface area contributed by atoms with Crippen molar-refractivity contribution >= 4 is 23.2 Å². The molecule has 96 valence electrons. The highest BCUT2D eigenvalue weighted by Gasteiger charge is 2.50. The molecular formula is C12H14N2O3S. The number of aromatic nitrogens is 1. The van der Waals surface area contributed by atoms with E-state index in [1.165, 1.54) is 29.6 Å². The Balaban J connectivity index is 1.48. The first kappa shape index (κ1) is 11.6. The molecule has 1 amide bonds. The molecule has 1 aromatic rings. The number of rotatable bonds is 5. The van der Waals surface area contributed by atoms with E-state index in [2.05, 4.69) is 10.3 Å². The van der Waals surface area contributed by atoms with Crippen LogP contribution >= 0.6 is 11.3 Å². The van der Waals surface area contributed by atoms with Gasteiger partial charge in [0.05, 0.1) is 6.54 Å². The summed E-state index contributed by atoms with van der Waals surface area (Å²) in [5.41, 5.74) is 0.0477. The highest BCUT2D eigenvalue weighted by Crippen LogP contribution is 2.54. The molecule has 5 nitrogen and oxygen atoms in total. The quantitative estimate of drug-likeness (QED) is 0.846. The van der Waals surface area contributed by atoms with Crippen molar-refractivity contribution in [3.63, 3.8) is 0 Å². The molecule has 0 aliphatic heterocycles. The van der Waals surface area contributed by atoms with Crippen LogP contribution in [-0.2, 0) is 11.3 Å². The number of carbonyl (C=O) groups excluding carboxylic acids is 1. The molecule has 6 heteroatoms. The molecule has 1 aromatic heterocycles. The molecule has 1 heterocycles. The lowest BCUT2D eigenvalue weighted by molar-refractivity contribution is -0.122. The van der Waals surface area contributed by atoms with Gasteiger partial charge < -0.3 is 10.4 Å². The van der Waals surface area contributed by atoms with Crippen molar-refractivity contribution in [1.29, 1.82) is 0 Å². The largest absolute Gasteiger partial charge is 0.476 e. The molecule has 0 saturated heterocycles. The van der Waals surface area contributed by atoms with Gasteiger partial charge in [-0.3, -0.25) is 4.79 Å². The number of thiazole rings is 1. The summed E-state index contributed by atoms with van der Waals surface area (Å²) >= 11 is 1.26. The molecule has 0 bridgehead atoms. The van der Waals surface area contributed by atoms with Crippen molar-refractivity contribution in [3.8, 4) is 0 Å². The molecule has 2 aliphatic rings. The van der Waals surface area contributed by atoms with Gasteiger partial charge in [0.2, 0.25) is 5.91 Å². The first-order chi connectivity index (χ1) is 8.65. The van der Waals surface area contributed by atoms with Crippen LogP contribution in [0.5, 0.6) is 0 Å². The van der Waals surface area contributed by atoms with Crippen LogP contribution in [0.25, 0.3) is 0 Å². The number of aromatic carboxylic acids is 1. The molecule has 2 saturated carbocycles. The van der Waals surface area contributed by atoms with Gasteiger partial charge in [0, 0.05) is 11.3 Å². The lowest BCUT2D eigenvalue weighted by atomic mass is 10.2. The van der Waals surface area contributed by atoms with Crippen molar-refractivity contribution in [2.45, 2.75) is 25.8 Å². The maximum absolute atomic E-state index is 11.8. The fourth-order valence-corrected chi connectivity index (χ4v) is 3.05. The first-order valence-corrected chi connectivity index (χ1v) is 6.98. The second kappa shape index (κ2) is 4.35. The third kappa shape index (κ3) is 2.38. The number of carboxylic acids is 1. The number of carboxylic acid groups (broad SMARTS) is 1. The van der Waals surface area contributed by atoms with E-state index in [1.54, 1.807) is 0 Å². The average Bonchev–Trinajstić information content (AvgIpc) is 3.21. The van der Waals surface area contributed by atoms with E-state index < -0.39 is 5.97 Å². The molecule has 2 N–H and O–H groups in total. The van der Waals surface area contributed by atoms with Gasteiger partial charge in [-0.2, -0.15) is 0 Å². The Morgan fingerprint density at radius 2 is 2.28 bits per heavy atom. The van der Waals surface area contributed by atoms with Gasteiger partial charge in [0.1, 0.15) is 5.01 Å². The fourth-order valence-electron chi connectivity index (χ4n) is 2.35. The van der Waals surface area contributed by atoms with Crippen molar-refractivity contribution in [2.24, 2.45) is 17.8 Å². The predicted octanol–water partition coefficient (Wildman–Crippen LogP) is 1.50. The number of nitrogens with one attached hydrogen (secondary N) is 1. The van der Waals surface area contributed by atoms with Gasteiger partial charge in [0.25, 0.3) is 0 Å². The standard InChI is InChI=1S/C12H14N2O3S/c15-11(8-3-7(8)6-1-2-6)13-4-10-14-9(5-18-10)12(16)17/h5-8H,1-4H2,(H,13,15)(H,16,17). The van der Waals surface area contributed by atoms with E-state index >= 15 is 0 Å². The summed E-state index contributed by atoms with van der Waals surface area (Å²) in [6.07, 6.45) is 3.58. The summed E-state index contributed by atoms with van der Waals surface area (Å²) < 4.78 is 0. The van der Waals surface area contributed by atoms with Gasteiger partial charge in [-0.05, 0) is 31.1 Å². The molecule has 0 spiro atoms. The van der Waals surface area contributed by atoms with Crippen LogP contribution in [0.2, 0.25) is 0 Å². The Morgan fingerprint density at radius 1 is 1.50 bits per heavy atom. The topological polar surface area (TPSA) is 79.3 Å². The highest BCUT2D eigenvalue weighted by molar-refractivity contribution is 7.09. The fraction of sp³-hybridized carbons (Fsp3) is 0.583. The van der Waals surface area contributed by atoms with Crippen LogP contribution in [0.4, 0.5) is 0 Å². The molecule has 18 heavy (non-hydrogen) atoms. The molecule has 2 fully saturated rings. The lowest BCUT2D eigenvalue weighted by Gasteiger charge is -2.01. The van der Waals surface area contributed by atoms with Crippen LogP contribution in [0, 0.1) is 17.8 Å². The van der Waals surface area contributed by atoms with Crippen molar-refractivity contribution < 1.29 is 14.7 Å². The smallest absolute Gasteiger partial charge is 0.355 e. The molecule has 3 rings (SSSR count). The van der Waals surface area contributed by atoms with Crippen LogP contribution in [0.3, 0.4) is 0 Å². The van der Waals surface area contributed by atoms with Crippen LogP contribution in [-0.4, -0.2) is 22.0 Å². The maximum atomic E-state index is 11.8.